The molecule has 0 radical (unpaired) electrons. The van der Waals surface area contributed by atoms with Crippen LogP contribution in [0.25, 0.3) is 0 Å². The second kappa shape index (κ2) is 7.16. The zero-order chi connectivity index (χ0) is 17.7. The predicted octanol–water partition coefficient (Wildman–Crippen LogP) is 2.96. The summed E-state index contributed by atoms with van der Waals surface area (Å²) in [7, 11) is 3.10. The minimum atomic E-state index is -0.319. The molecule has 0 atom stereocenters. The molecule has 1 heterocycles. The Labute approximate surface area is 141 Å². The van der Waals surface area contributed by atoms with Crippen LogP contribution in [0.3, 0.4) is 0 Å². The van der Waals surface area contributed by atoms with Crippen molar-refractivity contribution in [2.75, 3.05) is 24.9 Å². The van der Waals surface area contributed by atoms with E-state index in [4.69, 9.17) is 9.47 Å². The van der Waals surface area contributed by atoms with Gasteiger partial charge in [0.2, 0.25) is 5.95 Å². The van der Waals surface area contributed by atoms with Crippen LogP contribution in [0.4, 0.5) is 11.6 Å². The first-order valence-electron chi connectivity index (χ1n) is 7.46. The molecule has 0 bridgehead atoms. The standard InChI is InChI=1S/C17H22N4O3/c1-17(2,3)21-16-18-9-11(10-19-16)15(22)20-13-7-6-12(23-4)8-14(13)24-5/h6-10H,1-5H3,(H,20,22)(H,18,19,21). The number of methoxy groups -OCH3 is 2. The van der Waals surface area contributed by atoms with Crippen molar-refractivity contribution in [3.05, 3.63) is 36.2 Å². The molecule has 2 N–H and O–H groups in total. The van der Waals surface area contributed by atoms with Crippen molar-refractivity contribution in [3.63, 3.8) is 0 Å². The summed E-state index contributed by atoms with van der Waals surface area (Å²) in [5.74, 6) is 1.31. The van der Waals surface area contributed by atoms with E-state index in [0.717, 1.165) is 0 Å². The van der Waals surface area contributed by atoms with Gasteiger partial charge in [-0.05, 0) is 32.9 Å². The zero-order valence-electron chi connectivity index (χ0n) is 14.5. The highest BCUT2D eigenvalue weighted by molar-refractivity contribution is 6.04. The molecule has 1 aromatic heterocycles. The molecule has 2 rings (SSSR count). The molecule has 7 nitrogen and oxygen atoms in total. The summed E-state index contributed by atoms with van der Waals surface area (Å²) >= 11 is 0. The van der Waals surface area contributed by atoms with E-state index in [1.54, 1.807) is 25.3 Å². The van der Waals surface area contributed by atoms with Crippen LogP contribution in [0, 0.1) is 0 Å². The molecule has 24 heavy (non-hydrogen) atoms. The average molecular weight is 330 g/mol. The van der Waals surface area contributed by atoms with Crippen LogP contribution in [0.15, 0.2) is 30.6 Å². The number of carbonyl (C=O) groups is 1. The van der Waals surface area contributed by atoms with Crippen molar-refractivity contribution in [2.45, 2.75) is 26.3 Å². The van der Waals surface area contributed by atoms with E-state index in [1.807, 2.05) is 20.8 Å². The Balaban J connectivity index is 2.12. The zero-order valence-corrected chi connectivity index (χ0v) is 14.5. The first-order chi connectivity index (χ1) is 11.3. The maximum atomic E-state index is 12.3. The van der Waals surface area contributed by atoms with Gasteiger partial charge in [-0.15, -0.1) is 0 Å². The quantitative estimate of drug-likeness (QED) is 0.877. The molecule has 2 aromatic rings. The Morgan fingerprint density at radius 3 is 2.29 bits per heavy atom. The van der Waals surface area contributed by atoms with Gasteiger partial charge in [0.1, 0.15) is 11.5 Å². The first kappa shape index (κ1) is 17.5. The molecule has 0 aliphatic carbocycles. The van der Waals surface area contributed by atoms with Crippen LogP contribution in [0.5, 0.6) is 11.5 Å². The summed E-state index contributed by atoms with van der Waals surface area (Å²) in [6, 6.07) is 5.15. The number of anilines is 2. The lowest BCUT2D eigenvalue weighted by Gasteiger charge is -2.20. The number of rotatable bonds is 5. The summed E-state index contributed by atoms with van der Waals surface area (Å²) in [4.78, 5) is 20.7. The van der Waals surface area contributed by atoms with Crippen molar-refractivity contribution < 1.29 is 14.3 Å². The number of hydrogen-bond donors (Lipinski definition) is 2. The third kappa shape index (κ3) is 4.58. The number of amides is 1. The molecular weight excluding hydrogens is 308 g/mol. The number of benzene rings is 1. The molecule has 0 fully saturated rings. The maximum Gasteiger partial charge on any atom is 0.258 e. The van der Waals surface area contributed by atoms with E-state index in [2.05, 4.69) is 20.6 Å². The number of nitrogens with one attached hydrogen (secondary N) is 2. The van der Waals surface area contributed by atoms with Gasteiger partial charge in [-0.1, -0.05) is 0 Å². The van der Waals surface area contributed by atoms with E-state index in [1.165, 1.54) is 19.5 Å². The van der Waals surface area contributed by atoms with Crippen molar-refractivity contribution >= 4 is 17.5 Å². The molecule has 0 unspecified atom stereocenters. The van der Waals surface area contributed by atoms with Crippen LogP contribution in [0.1, 0.15) is 31.1 Å². The molecule has 128 valence electrons. The minimum absolute atomic E-state index is 0.153. The fourth-order valence-corrected chi connectivity index (χ4v) is 1.94. The Kier molecular flexibility index (Phi) is 5.23. The number of nitrogens with zero attached hydrogens (tertiary/aromatic N) is 2. The Bertz CT molecular complexity index is 709. The molecule has 1 aromatic carbocycles. The average Bonchev–Trinajstić information content (AvgIpc) is 2.54. The van der Waals surface area contributed by atoms with E-state index in [-0.39, 0.29) is 11.4 Å². The van der Waals surface area contributed by atoms with Gasteiger partial charge >= 0.3 is 0 Å². The Morgan fingerprint density at radius 2 is 1.75 bits per heavy atom. The molecular formula is C17H22N4O3. The van der Waals surface area contributed by atoms with Gasteiger partial charge in [-0.25, -0.2) is 9.97 Å². The monoisotopic (exact) mass is 330 g/mol. The molecule has 0 spiro atoms. The maximum absolute atomic E-state index is 12.3. The fourth-order valence-electron chi connectivity index (χ4n) is 1.94. The van der Waals surface area contributed by atoms with Gasteiger partial charge in [0.15, 0.2) is 0 Å². The summed E-state index contributed by atoms with van der Waals surface area (Å²) < 4.78 is 10.4. The topological polar surface area (TPSA) is 85.4 Å². The van der Waals surface area contributed by atoms with E-state index in [0.29, 0.717) is 28.7 Å². The second-order valence-electron chi connectivity index (χ2n) is 6.19. The van der Waals surface area contributed by atoms with Gasteiger partial charge in [0.05, 0.1) is 25.5 Å². The van der Waals surface area contributed by atoms with Crippen LogP contribution < -0.4 is 20.1 Å². The molecule has 0 aliphatic heterocycles. The summed E-state index contributed by atoms with van der Waals surface area (Å²) in [5, 5.41) is 5.92. The van der Waals surface area contributed by atoms with E-state index in [9.17, 15) is 4.79 Å². The molecule has 1 amide bonds. The smallest absolute Gasteiger partial charge is 0.258 e. The lowest BCUT2D eigenvalue weighted by molar-refractivity contribution is 0.102. The van der Waals surface area contributed by atoms with Gasteiger partial charge in [0.25, 0.3) is 5.91 Å². The van der Waals surface area contributed by atoms with Gasteiger partial charge in [-0.2, -0.15) is 0 Å². The molecule has 0 saturated carbocycles. The molecule has 7 heteroatoms. The van der Waals surface area contributed by atoms with Crippen LogP contribution >= 0.6 is 0 Å². The highest BCUT2D eigenvalue weighted by Gasteiger charge is 2.14. The van der Waals surface area contributed by atoms with Crippen molar-refractivity contribution in [1.29, 1.82) is 0 Å². The van der Waals surface area contributed by atoms with Crippen LogP contribution in [-0.4, -0.2) is 35.6 Å². The van der Waals surface area contributed by atoms with Gasteiger partial charge in [-0.3, -0.25) is 4.79 Å². The predicted molar refractivity (Wildman–Crippen MR) is 92.9 cm³/mol. The largest absolute Gasteiger partial charge is 0.497 e. The summed E-state index contributed by atoms with van der Waals surface area (Å²) in [5.41, 5.74) is 0.743. The number of hydrogen-bond acceptors (Lipinski definition) is 6. The lowest BCUT2D eigenvalue weighted by Crippen LogP contribution is -2.27. The summed E-state index contributed by atoms with van der Waals surface area (Å²) in [6.07, 6.45) is 2.96. The normalized spacial score (nSPS) is 10.9. The van der Waals surface area contributed by atoms with Gasteiger partial charge in [0, 0.05) is 24.0 Å². The third-order valence-corrected chi connectivity index (χ3v) is 3.06. The lowest BCUT2D eigenvalue weighted by atomic mass is 10.1. The highest BCUT2D eigenvalue weighted by atomic mass is 16.5. The van der Waals surface area contributed by atoms with Crippen molar-refractivity contribution in [1.82, 2.24) is 9.97 Å². The highest BCUT2D eigenvalue weighted by Crippen LogP contribution is 2.29. The number of carbonyl (C=O) groups excluding carboxylic acids is 1. The van der Waals surface area contributed by atoms with Gasteiger partial charge < -0.3 is 20.1 Å². The SMILES string of the molecule is COc1ccc(NC(=O)c2cnc(NC(C)(C)C)nc2)c(OC)c1. The molecule has 0 saturated heterocycles. The van der Waals surface area contributed by atoms with Crippen molar-refractivity contribution in [3.8, 4) is 11.5 Å². The van der Waals surface area contributed by atoms with E-state index < -0.39 is 0 Å². The van der Waals surface area contributed by atoms with Crippen LogP contribution in [-0.2, 0) is 0 Å². The summed E-state index contributed by atoms with van der Waals surface area (Å²) in [6.45, 7) is 6.02. The first-order valence-corrected chi connectivity index (χ1v) is 7.46. The van der Waals surface area contributed by atoms with Crippen molar-refractivity contribution in [2.24, 2.45) is 0 Å². The Hall–Kier alpha value is -2.83. The second-order valence-corrected chi connectivity index (χ2v) is 6.19. The fraction of sp³-hybridized carbons (Fsp3) is 0.353. The van der Waals surface area contributed by atoms with E-state index >= 15 is 0 Å². The minimum Gasteiger partial charge on any atom is -0.497 e. The molecule has 0 aliphatic rings. The third-order valence-electron chi connectivity index (χ3n) is 3.06. The van der Waals surface area contributed by atoms with Crippen LogP contribution in [0.2, 0.25) is 0 Å². The number of aromatic nitrogens is 2. The Morgan fingerprint density at radius 1 is 1.08 bits per heavy atom. The number of ether oxygens (including phenoxy) is 2.